The lowest BCUT2D eigenvalue weighted by molar-refractivity contribution is -0.146. The summed E-state index contributed by atoms with van der Waals surface area (Å²) in [6.45, 7) is 1.40. The fourth-order valence-corrected chi connectivity index (χ4v) is 1.88. The smallest absolute Gasteiger partial charge is 0.302 e. The summed E-state index contributed by atoms with van der Waals surface area (Å²) in [7, 11) is 0. The molecule has 0 aromatic rings. The van der Waals surface area contributed by atoms with Crippen molar-refractivity contribution in [2.75, 3.05) is 0 Å². The van der Waals surface area contributed by atoms with E-state index < -0.39 is 0 Å². The van der Waals surface area contributed by atoms with Gasteiger partial charge >= 0.3 is 5.97 Å². The number of ether oxygens (including phenoxy) is 1. The Balaban J connectivity index is 2.49. The number of hydrogen-bond acceptors (Lipinski definition) is 4. The van der Waals surface area contributed by atoms with Crippen molar-refractivity contribution in [3.63, 3.8) is 0 Å². The lowest BCUT2D eigenvalue weighted by atomic mass is 10.0. The molecule has 15 heavy (non-hydrogen) atoms. The van der Waals surface area contributed by atoms with Crippen molar-refractivity contribution in [3.05, 3.63) is 11.8 Å². The predicted molar refractivity (Wildman–Crippen MR) is 57.1 cm³/mol. The highest BCUT2D eigenvalue weighted by Crippen LogP contribution is 2.31. The van der Waals surface area contributed by atoms with Crippen LogP contribution in [0.5, 0.6) is 0 Å². The van der Waals surface area contributed by atoms with Crippen LogP contribution in [0.2, 0.25) is 0 Å². The van der Waals surface area contributed by atoms with E-state index >= 15 is 0 Å². The molecule has 0 amide bonds. The lowest BCUT2D eigenvalue weighted by Crippen LogP contribution is -2.17. The fourth-order valence-electron chi connectivity index (χ4n) is 1.88. The maximum atomic E-state index is 10.7. The average Bonchev–Trinajstić information content (AvgIpc) is 2.50. The molecule has 0 bridgehead atoms. The Morgan fingerprint density at radius 2 is 2.13 bits per heavy atom. The first-order valence-corrected chi connectivity index (χ1v) is 4.97. The van der Waals surface area contributed by atoms with Crippen molar-refractivity contribution in [1.29, 1.82) is 5.41 Å². The number of nitrogens with two attached hydrogens (primary N) is 2. The van der Waals surface area contributed by atoms with Gasteiger partial charge in [-0.2, -0.15) is 0 Å². The van der Waals surface area contributed by atoms with Crippen LogP contribution in [-0.4, -0.2) is 17.9 Å². The Kier molecular flexibility index (Phi) is 3.71. The maximum Gasteiger partial charge on any atom is 0.302 e. The van der Waals surface area contributed by atoms with Gasteiger partial charge in [0.1, 0.15) is 11.9 Å². The van der Waals surface area contributed by atoms with Crippen molar-refractivity contribution < 1.29 is 9.53 Å². The molecule has 0 radical (unpaired) electrons. The minimum atomic E-state index is -0.255. The van der Waals surface area contributed by atoms with E-state index in [9.17, 15) is 4.79 Å². The molecule has 0 aromatic heterocycles. The van der Waals surface area contributed by atoms with Crippen LogP contribution in [0.3, 0.4) is 0 Å². The molecule has 5 heteroatoms. The molecule has 5 N–H and O–H groups in total. The standard InChI is InChI=1S/C10H17N3O2/c1-6(14)15-8-3-2-7(4-8)9(11)5-10(12)13/h5,7-8H,2-4,11H2,1H3,(H3,12,13)/b9-5-/t7-,8+/m0/s1. The van der Waals surface area contributed by atoms with Crippen molar-refractivity contribution in [2.45, 2.75) is 32.3 Å². The highest BCUT2D eigenvalue weighted by molar-refractivity contribution is 5.89. The number of allylic oxidation sites excluding steroid dienone is 1. The molecule has 0 saturated heterocycles. The number of carbonyl (C=O) groups is 1. The minimum Gasteiger partial charge on any atom is -0.463 e. The van der Waals surface area contributed by atoms with Gasteiger partial charge in [-0.05, 0) is 25.3 Å². The van der Waals surface area contributed by atoms with E-state index in [-0.39, 0.29) is 23.8 Å². The van der Waals surface area contributed by atoms with Gasteiger partial charge in [-0.1, -0.05) is 0 Å². The zero-order chi connectivity index (χ0) is 11.4. The number of carbonyl (C=O) groups excluding carboxylic acids is 1. The maximum absolute atomic E-state index is 10.7. The SMILES string of the molecule is CC(=O)O[C@@H]1CC[C@H](/C(N)=C/C(=N)N)C1. The summed E-state index contributed by atoms with van der Waals surface area (Å²) in [4.78, 5) is 10.7. The molecule has 0 aromatic carbocycles. The molecule has 1 saturated carbocycles. The summed E-state index contributed by atoms with van der Waals surface area (Å²) >= 11 is 0. The number of esters is 1. The van der Waals surface area contributed by atoms with Gasteiger partial charge in [0.25, 0.3) is 0 Å². The molecule has 84 valence electrons. The van der Waals surface area contributed by atoms with Crippen molar-refractivity contribution >= 4 is 11.8 Å². The number of amidine groups is 1. The Hall–Kier alpha value is -1.52. The van der Waals surface area contributed by atoms with E-state index in [1.807, 2.05) is 0 Å². The highest BCUT2D eigenvalue weighted by Gasteiger charge is 2.28. The summed E-state index contributed by atoms with van der Waals surface area (Å²) in [5.41, 5.74) is 11.6. The third kappa shape index (κ3) is 3.61. The van der Waals surface area contributed by atoms with E-state index in [1.54, 1.807) is 0 Å². The quantitative estimate of drug-likeness (QED) is 0.359. The largest absolute Gasteiger partial charge is 0.463 e. The van der Waals surface area contributed by atoms with E-state index in [1.165, 1.54) is 13.0 Å². The molecule has 1 aliphatic carbocycles. The molecular formula is C10H17N3O2. The molecule has 5 nitrogen and oxygen atoms in total. The third-order valence-electron chi connectivity index (χ3n) is 2.51. The normalized spacial score (nSPS) is 26.3. The zero-order valence-corrected chi connectivity index (χ0v) is 8.82. The van der Waals surface area contributed by atoms with Crippen LogP contribution in [0.4, 0.5) is 0 Å². The van der Waals surface area contributed by atoms with Crippen LogP contribution in [0, 0.1) is 11.3 Å². The molecule has 0 unspecified atom stereocenters. The molecule has 1 rings (SSSR count). The monoisotopic (exact) mass is 211 g/mol. The summed E-state index contributed by atoms with van der Waals surface area (Å²) in [5, 5.41) is 7.09. The van der Waals surface area contributed by atoms with Gasteiger partial charge in [0.2, 0.25) is 0 Å². The molecule has 0 aliphatic heterocycles. The van der Waals surface area contributed by atoms with Gasteiger partial charge in [0.05, 0.1) is 0 Å². The number of nitrogens with one attached hydrogen (secondary N) is 1. The van der Waals surface area contributed by atoms with Gasteiger partial charge < -0.3 is 16.2 Å². The molecular weight excluding hydrogens is 194 g/mol. The van der Waals surface area contributed by atoms with Crippen molar-refractivity contribution in [2.24, 2.45) is 17.4 Å². The van der Waals surface area contributed by atoms with E-state index in [2.05, 4.69) is 0 Å². The Morgan fingerprint density at radius 1 is 1.47 bits per heavy atom. The molecule has 0 heterocycles. The van der Waals surface area contributed by atoms with Gasteiger partial charge in [-0.15, -0.1) is 0 Å². The van der Waals surface area contributed by atoms with Gasteiger partial charge in [0, 0.05) is 18.5 Å². The first-order chi connectivity index (χ1) is 6.99. The molecule has 1 aliphatic rings. The van der Waals surface area contributed by atoms with Crippen LogP contribution in [0.1, 0.15) is 26.2 Å². The van der Waals surface area contributed by atoms with Crippen LogP contribution >= 0.6 is 0 Å². The van der Waals surface area contributed by atoms with Crippen molar-refractivity contribution in [1.82, 2.24) is 0 Å². The highest BCUT2D eigenvalue weighted by atomic mass is 16.5. The second-order valence-electron chi connectivity index (χ2n) is 3.84. The van der Waals surface area contributed by atoms with Crippen LogP contribution < -0.4 is 11.5 Å². The predicted octanol–water partition coefficient (Wildman–Crippen LogP) is 0.497. The topological polar surface area (TPSA) is 102 Å². The zero-order valence-electron chi connectivity index (χ0n) is 8.82. The van der Waals surface area contributed by atoms with E-state index in [0.717, 1.165) is 19.3 Å². The average molecular weight is 211 g/mol. The number of hydrogen-bond donors (Lipinski definition) is 3. The second-order valence-corrected chi connectivity index (χ2v) is 3.84. The summed E-state index contributed by atoms with van der Waals surface area (Å²) in [6.07, 6.45) is 3.87. The first kappa shape index (κ1) is 11.6. The number of rotatable bonds is 3. The van der Waals surface area contributed by atoms with Gasteiger partial charge in [-0.25, -0.2) is 0 Å². The van der Waals surface area contributed by atoms with E-state index in [0.29, 0.717) is 5.70 Å². The van der Waals surface area contributed by atoms with Gasteiger partial charge in [0.15, 0.2) is 0 Å². The second kappa shape index (κ2) is 4.82. The van der Waals surface area contributed by atoms with Gasteiger partial charge in [-0.3, -0.25) is 10.2 Å². The van der Waals surface area contributed by atoms with E-state index in [4.69, 9.17) is 21.6 Å². The van der Waals surface area contributed by atoms with Crippen LogP contribution in [0.25, 0.3) is 0 Å². The fraction of sp³-hybridized carbons (Fsp3) is 0.600. The van der Waals surface area contributed by atoms with Crippen LogP contribution in [-0.2, 0) is 9.53 Å². The summed E-state index contributed by atoms with van der Waals surface area (Å²) < 4.78 is 5.09. The molecule has 2 atom stereocenters. The first-order valence-electron chi connectivity index (χ1n) is 4.97. The molecule has 0 spiro atoms. The summed E-state index contributed by atoms with van der Waals surface area (Å²) in [6, 6.07) is 0. The Bertz CT molecular complexity index is 299. The molecule has 1 fully saturated rings. The minimum absolute atomic E-state index is 0.0357. The third-order valence-corrected chi connectivity index (χ3v) is 2.51. The Labute approximate surface area is 89.0 Å². The van der Waals surface area contributed by atoms with Crippen molar-refractivity contribution in [3.8, 4) is 0 Å². The lowest BCUT2D eigenvalue weighted by Gasteiger charge is -2.11. The van der Waals surface area contributed by atoms with Crippen LogP contribution in [0.15, 0.2) is 11.8 Å². The summed E-state index contributed by atoms with van der Waals surface area (Å²) in [5.74, 6) is -0.114. The Morgan fingerprint density at radius 3 is 2.67 bits per heavy atom.